The molecule has 1 aromatic carbocycles. The van der Waals surface area contributed by atoms with E-state index >= 15 is 0 Å². The molecule has 0 spiro atoms. The van der Waals surface area contributed by atoms with Crippen LogP contribution < -0.4 is 5.32 Å². The summed E-state index contributed by atoms with van der Waals surface area (Å²) < 4.78 is 18.2. The number of rotatable bonds is 5. The number of ether oxygens (including phenoxy) is 1. The van der Waals surface area contributed by atoms with Gasteiger partial charge in [-0.25, -0.2) is 9.18 Å². The molecule has 0 radical (unpaired) electrons. The summed E-state index contributed by atoms with van der Waals surface area (Å²) in [6.45, 7) is 3.93. The average Bonchev–Trinajstić information content (AvgIpc) is 2.90. The molecular weight excluding hydrogens is 305 g/mol. The van der Waals surface area contributed by atoms with Crippen LogP contribution in [0.2, 0.25) is 0 Å². The molecule has 0 aliphatic carbocycles. The zero-order valence-electron chi connectivity index (χ0n) is 12.3. The van der Waals surface area contributed by atoms with E-state index in [0.29, 0.717) is 10.6 Å². The predicted molar refractivity (Wildman–Crippen MR) is 84.0 cm³/mol. The van der Waals surface area contributed by atoms with Crippen LogP contribution in [0.15, 0.2) is 30.3 Å². The monoisotopic (exact) mass is 321 g/mol. The smallest absolute Gasteiger partial charge is 0.341 e. The van der Waals surface area contributed by atoms with E-state index in [4.69, 9.17) is 4.74 Å². The van der Waals surface area contributed by atoms with Gasteiger partial charge in [-0.15, -0.1) is 11.3 Å². The maximum Gasteiger partial charge on any atom is 0.341 e. The number of hydrogen-bond acceptors (Lipinski definition) is 4. The summed E-state index contributed by atoms with van der Waals surface area (Å²) >= 11 is 1.31. The van der Waals surface area contributed by atoms with Crippen molar-refractivity contribution in [2.24, 2.45) is 0 Å². The number of aryl methyl sites for hydroxylation is 1. The number of carbonyl (C=O) groups is 2. The number of amides is 1. The Bertz CT molecular complexity index is 696. The number of hydrogen-bond donors (Lipinski definition) is 1. The van der Waals surface area contributed by atoms with Crippen molar-refractivity contribution < 1.29 is 18.7 Å². The zero-order chi connectivity index (χ0) is 16.1. The zero-order valence-corrected chi connectivity index (χ0v) is 13.1. The summed E-state index contributed by atoms with van der Waals surface area (Å²) in [4.78, 5) is 25.1. The van der Waals surface area contributed by atoms with Crippen molar-refractivity contribution in [3.05, 3.63) is 52.2 Å². The lowest BCUT2D eigenvalue weighted by Gasteiger charge is -2.06. The molecule has 0 bridgehead atoms. The quantitative estimate of drug-likeness (QED) is 0.850. The molecule has 116 valence electrons. The average molecular weight is 321 g/mol. The molecule has 0 saturated carbocycles. The lowest BCUT2D eigenvalue weighted by Crippen LogP contribution is -2.14. The van der Waals surface area contributed by atoms with Crippen LogP contribution in [0, 0.1) is 5.82 Å². The molecule has 0 saturated heterocycles. The predicted octanol–water partition coefficient (Wildman–Crippen LogP) is 3.88. The highest BCUT2D eigenvalue weighted by Crippen LogP contribution is 2.29. The van der Waals surface area contributed by atoms with Crippen LogP contribution in [-0.2, 0) is 11.2 Å². The number of thiophene rings is 1. The summed E-state index contributed by atoms with van der Waals surface area (Å²) in [5, 5.41) is 3.08. The molecule has 1 heterocycles. The van der Waals surface area contributed by atoms with Crippen molar-refractivity contribution in [1.82, 2.24) is 0 Å². The van der Waals surface area contributed by atoms with Crippen LogP contribution in [0.1, 0.15) is 39.4 Å². The first-order valence-corrected chi connectivity index (χ1v) is 7.73. The molecule has 6 heteroatoms. The normalized spacial score (nSPS) is 10.3. The minimum Gasteiger partial charge on any atom is -0.462 e. The summed E-state index contributed by atoms with van der Waals surface area (Å²) in [6.07, 6.45) is 0.743. The van der Waals surface area contributed by atoms with Gasteiger partial charge < -0.3 is 10.1 Å². The largest absolute Gasteiger partial charge is 0.462 e. The van der Waals surface area contributed by atoms with Crippen LogP contribution in [0.4, 0.5) is 9.39 Å². The Kier molecular flexibility index (Phi) is 5.27. The van der Waals surface area contributed by atoms with Crippen molar-refractivity contribution in [3.8, 4) is 0 Å². The minimum absolute atomic E-state index is 0.196. The highest BCUT2D eigenvalue weighted by atomic mass is 32.1. The van der Waals surface area contributed by atoms with Crippen molar-refractivity contribution in [3.63, 3.8) is 0 Å². The highest BCUT2D eigenvalue weighted by Gasteiger charge is 2.19. The van der Waals surface area contributed by atoms with Gasteiger partial charge in [0.15, 0.2) is 0 Å². The van der Waals surface area contributed by atoms with E-state index in [2.05, 4.69) is 5.32 Å². The maximum absolute atomic E-state index is 13.2. The summed E-state index contributed by atoms with van der Waals surface area (Å²) in [5.41, 5.74) is 0.523. The molecule has 1 aromatic heterocycles. The molecule has 0 aliphatic heterocycles. The Morgan fingerprint density at radius 2 is 2.05 bits per heavy atom. The van der Waals surface area contributed by atoms with E-state index in [0.717, 1.165) is 17.4 Å². The van der Waals surface area contributed by atoms with Gasteiger partial charge in [0.2, 0.25) is 0 Å². The van der Waals surface area contributed by atoms with E-state index in [1.165, 1.54) is 29.5 Å². The van der Waals surface area contributed by atoms with Crippen molar-refractivity contribution in [2.75, 3.05) is 11.9 Å². The van der Waals surface area contributed by atoms with Gasteiger partial charge in [0.1, 0.15) is 10.8 Å². The van der Waals surface area contributed by atoms with Crippen molar-refractivity contribution in [2.45, 2.75) is 20.3 Å². The topological polar surface area (TPSA) is 55.4 Å². The number of esters is 1. The fraction of sp³-hybridized carbons (Fsp3) is 0.250. The Morgan fingerprint density at radius 1 is 1.27 bits per heavy atom. The van der Waals surface area contributed by atoms with Crippen LogP contribution in [0.3, 0.4) is 0 Å². The molecule has 0 aliphatic rings. The maximum atomic E-state index is 13.2. The number of benzene rings is 1. The Hall–Kier alpha value is -2.21. The van der Waals surface area contributed by atoms with Gasteiger partial charge in [-0.1, -0.05) is 13.0 Å². The molecule has 0 atom stereocenters. The summed E-state index contributed by atoms with van der Waals surface area (Å²) in [5.74, 6) is -1.43. The Morgan fingerprint density at radius 3 is 2.68 bits per heavy atom. The van der Waals surface area contributed by atoms with Gasteiger partial charge in [0, 0.05) is 10.4 Å². The Balaban J connectivity index is 2.26. The van der Waals surface area contributed by atoms with Crippen molar-refractivity contribution in [1.29, 1.82) is 0 Å². The van der Waals surface area contributed by atoms with Gasteiger partial charge in [-0.2, -0.15) is 0 Å². The lowest BCUT2D eigenvalue weighted by atomic mass is 10.2. The van der Waals surface area contributed by atoms with Gasteiger partial charge in [0.25, 0.3) is 5.91 Å². The van der Waals surface area contributed by atoms with Crippen molar-refractivity contribution >= 4 is 28.2 Å². The third kappa shape index (κ3) is 3.71. The molecule has 4 nitrogen and oxygen atoms in total. The number of halogens is 1. The third-order valence-electron chi connectivity index (χ3n) is 2.94. The van der Waals surface area contributed by atoms with E-state index in [9.17, 15) is 14.0 Å². The SMILES string of the molecule is CCOC(=O)c1cc(CC)sc1NC(=O)c1cccc(F)c1. The summed E-state index contributed by atoms with van der Waals surface area (Å²) in [6, 6.07) is 7.10. The molecule has 1 N–H and O–H groups in total. The minimum atomic E-state index is -0.487. The molecule has 2 aromatic rings. The standard InChI is InChI=1S/C16H16FNO3S/c1-3-12-9-13(16(20)21-4-2)15(22-12)18-14(19)10-6-5-7-11(17)8-10/h5-9H,3-4H2,1-2H3,(H,18,19). The third-order valence-corrected chi connectivity index (χ3v) is 4.14. The van der Waals surface area contributed by atoms with E-state index in [-0.39, 0.29) is 12.2 Å². The van der Waals surface area contributed by atoms with E-state index < -0.39 is 17.7 Å². The van der Waals surface area contributed by atoms with Gasteiger partial charge in [-0.05, 0) is 37.6 Å². The molecular formula is C16H16FNO3S. The number of nitrogens with one attached hydrogen (secondary N) is 1. The van der Waals surface area contributed by atoms with Gasteiger partial charge >= 0.3 is 5.97 Å². The van der Waals surface area contributed by atoms with E-state index in [1.807, 2.05) is 6.92 Å². The second kappa shape index (κ2) is 7.17. The Labute approximate surface area is 131 Å². The fourth-order valence-electron chi connectivity index (χ4n) is 1.87. The lowest BCUT2D eigenvalue weighted by molar-refractivity contribution is 0.0528. The van der Waals surface area contributed by atoms with Gasteiger partial charge in [-0.3, -0.25) is 4.79 Å². The van der Waals surface area contributed by atoms with E-state index in [1.54, 1.807) is 13.0 Å². The van der Waals surface area contributed by atoms with Crippen LogP contribution in [-0.4, -0.2) is 18.5 Å². The second-order valence-corrected chi connectivity index (χ2v) is 5.63. The fourth-order valence-corrected chi connectivity index (χ4v) is 2.85. The first-order valence-electron chi connectivity index (χ1n) is 6.91. The molecule has 0 unspecified atom stereocenters. The first-order chi connectivity index (χ1) is 10.5. The number of carbonyl (C=O) groups excluding carboxylic acids is 2. The molecule has 2 rings (SSSR count). The van der Waals surface area contributed by atoms with Crippen LogP contribution in [0.5, 0.6) is 0 Å². The molecule has 22 heavy (non-hydrogen) atoms. The van der Waals surface area contributed by atoms with Crippen LogP contribution in [0.25, 0.3) is 0 Å². The number of anilines is 1. The molecule has 0 fully saturated rings. The van der Waals surface area contributed by atoms with Crippen LogP contribution >= 0.6 is 11.3 Å². The molecule has 1 amide bonds. The highest BCUT2D eigenvalue weighted by molar-refractivity contribution is 7.16. The van der Waals surface area contributed by atoms with Gasteiger partial charge in [0.05, 0.1) is 12.2 Å². The first kappa shape index (κ1) is 16.2. The second-order valence-electron chi connectivity index (χ2n) is 4.49. The summed E-state index contributed by atoms with van der Waals surface area (Å²) in [7, 11) is 0.